The third-order valence-electron chi connectivity index (χ3n) is 6.35. The van der Waals surface area contributed by atoms with E-state index in [9.17, 15) is 34.9 Å². The molecule has 0 unspecified atom stereocenters. The fraction of sp³-hybridized carbons (Fsp3) is 0.480. The lowest BCUT2D eigenvalue weighted by atomic mass is 10.2. The second-order valence-electron chi connectivity index (χ2n) is 9.23. The van der Waals surface area contributed by atoms with Crippen molar-refractivity contribution in [2.45, 2.75) is 13.1 Å². The van der Waals surface area contributed by atoms with E-state index in [1.54, 1.807) is 30.3 Å². The first kappa shape index (κ1) is 28.9. The summed E-state index contributed by atoms with van der Waals surface area (Å²) >= 11 is 0. The average molecular weight is 531 g/mol. The Morgan fingerprint density at radius 3 is 1.76 bits per heavy atom. The molecule has 38 heavy (non-hydrogen) atoms. The summed E-state index contributed by atoms with van der Waals surface area (Å²) in [6.07, 6.45) is 1.43. The maximum Gasteiger partial charge on any atom is 0.354 e. The molecule has 2 aromatic heterocycles. The van der Waals surface area contributed by atoms with Crippen molar-refractivity contribution in [2.75, 3.05) is 65.4 Å². The lowest BCUT2D eigenvalue weighted by Crippen LogP contribution is -2.48. The predicted octanol–water partition coefficient (Wildman–Crippen LogP) is -0.496. The van der Waals surface area contributed by atoms with Crippen LogP contribution in [0.1, 0.15) is 21.9 Å². The molecule has 0 spiro atoms. The molecule has 3 heterocycles. The van der Waals surface area contributed by atoms with Gasteiger partial charge in [-0.1, -0.05) is 6.07 Å². The molecule has 1 aliphatic heterocycles. The number of carboxylic acids is 3. The summed E-state index contributed by atoms with van der Waals surface area (Å²) in [4.78, 5) is 46.3. The molecule has 2 aromatic rings. The van der Waals surface area contributed by atoms with Crippen molar-refractivity contribution >= 4 is 17.9 Å². The number of carbonyl (C=O) groups is 3. The lowest BCUT2D eigenvalue weighted by Gasteiger charge is -2.33. The third-order valence-corrected chi connectivity index (χ3v) is 6.35. The van der Waals surface area contributed by atoms with Gasteiger partial charge in [-0.3, -0.25) is 29.2 Å². The van der Waals surface area contributed by atoms with Gasteiger partial charge >= 0.3 is 17.9 Å². The van der Waals surface area contributed by atoms with E-state index in [1.807, 2.05) is 19.6 Å². The van der Waals surface area contributed by atoms with Crippen molar-refractivity contribution in [3.63, 3.8) is 0 Å². The van der Waals surface area contributed by atoms with Crippen LogP contribution >= 0.6 is 0 Å². The number of aliphatic carboxylic acids is 2. The molecule has 0 bridgehead atoms. The minimum atomic E-state index is -1.12. The molecule has 1 saturated heterocycles. The minimum Gasteiger partial charge on any atom is -0.618 e. The van der Waals surface area contributed by atoms with Gasteiger partial charge in [0.25, 0.3) is 0 Å². The summed E-state index contributed by atoms with van der Waals surface area (Å²) in [6.45, 7) is 4.09. The second kappa shape index (κ2) is 14.3. The van der Waals surface area contributed by atoms with Crippen LogP contribution in [0, 0.1) is 5.21 Å². The number of hydrogen-bond donors (Lipinski definition) is 3. The maximum atomic E-state index is 12.2. The number of rotatable bonds is 9. The van der Waals surface area contributed by atoms with Crippen molar-refractivity contribution in [3.05, 3.63) is 64.9 Å². The van der Waals surface area contributed by atoms with Crippen LogP contribution < -0.4 is 4.73 Å². The Labute approximate surface area is 220 Å². The molecule has 0 aliphatic carbocycles. The Hall–Kier alpha value is -3.65. The van der Waals surface area contributed by atoms with Crippen LogP contribution in [-0.4, -0.2) is 123 Å². The molecule has 0 amide bonds. The van der Waals surface area contributed by atoms with Gasteiger partial charge in [0.05, 0.1) is 25.3 Å². The molecule has 0 atom stereocenters. The monoisotopic (exact) mass is 530 g/mol. The molecule has 1 aliphatic rings. The second-order valence-corrected chi connectivity index (χ2v) is 9.23. The molecule has 0 aromatic carbocycles. The molecular formula is C25H34N6O7. The molecule has 0 radical (unpaired) electrons. The largest absolute Gasteiger partial charge is 0.618 e. The topological polar surface area (TPSA) is 165 Å². The van der Waals surface area contributed by atoms with E-state index in [1.165, 1.54) is 12.3 Å². The highest BCUT2D eigenvalue weighted by atomic mass is 16.5. The summed E-state index contributed by atoms with van der Waals surface area (Å²) in [5, 5.41) is 40.4. The minimum absolute atomic E-state index is 0.0604. The van der Waals surface area contributed by atoms with Crippen molar-refractivity contribution < 1.29 is 34.4 Å². The van der Waals surface area contributed by atoms with Gasteiger partial charge in [-0.05, 0) is 18.2 Å². The first-order valence-corrected chi connectivity index (χ1v) is 12.4. The highest BCUT2D eigenvalue weighted by molar-refractivity contribution is 5.85. The van der Waals surface area contributed by atoms with Crippen molar-refractivity contribution in [2.24, 2.45) is 0 Å². The van der Waals surface area contributed by atoms with Gasteiger partial charge in [0.2, 0.25) is 5.69 Å². The number of hydrogen-bond acceptors (Lipinski definition) is 9. The normalized spacial score (nSPS) is 17.4. The number of aromatic carboxylic acids is 1. The van der Waals surface area contributed by atoms with Crippen molar-refractivity contribution in [3.8, 4) is 0 Å². The van der Waals surface area contributed by atoms with Crippen LogP contribution in [0.15, 0.2) is 42.6 Å². The van der Waals surface area contributed by atoms with Gasteiger partial charge in [-0.2, -0.15) is 4.73 Å². The summed E-state index contributed by atoms with van der Waals surface area (Å²) in [7, 11) is 0. The van der Waals surface area contributed by atoms with Crippen LogP contribution in [0.25, 0.3) is 0 Å². The highest BCUT2D eigenvalue weighted by Crippen LogP contribution is 2.08. The van der Waals surface area contributed by atoms with Crippen molar-refractivity contribution in [1.29, 1.82) is 0 Å². The van der Waals surface area contributed by atoms with Gasteiger partial charge in [-0.25, -0.2) is 9.78 Å². The van der Waals surface area contributed by atoms with E-state index in [0.717, 1.165) is 4.73 Å². The lowest BCUT2D eigenvalue weighted by molar-refractivity contribution is -0.615. The standard InChI is InChI=1S/C25H34N6O7/c32-23(33)18-29-12-8-27(16-20-4-3-6-22(26-20)25(36)37)9-13-30(19-24(34)35)15-11-28(10-14-29)17-21-5-1-2-7-31(21)38/h1-7H,8-19H2,(H,32,33)(H,34,35)(H,36,37). The van der Waals surface area contributed by atoms with Gasteiger partial charge in [-0.15, -0.1) is 0 Å². The Kier molecular flexibility index (Phi) is 10.9. The Bertz CT molecular complexity index is 1070. The SMILES string of the molecule is O=C(O)CN1CCN(Cc2cccc(C(=O)O)n2)CCN(CC(=O)O)CCN(Cc2cccc[n+]2[O-])CC1. The highest BCUT2D eigenvalue weighted by Gasteiger charge is 2.21. The third kappa shape index (κ3) is 9.67. The molecule has 3 rings (SSSR count). The number of carboxylic acid groups (broad SMARTS) is 3. The molecule has 13 heteroatoms. The molecule has 3 N–H and O–H groups in total. The first-order valence-electron chi connectivity index (χ1n) is 12.4. The molecule has 1 fully saturated rings. The number of aromatic nitrogens is 2. The van der Waals surface area contributed by atoms with E-state index >= 15 is 0 Å². The average Bonchev–Trinajstić information content (AvgIpc) is 2.86. The van der Waals surface area contributed by atoms with E-state index in [0.29, 0.717) is 76.8 Å². The van der Waals surface area contributed by atoms with E-state index in [4.69, 9.17) is 0 Å². The van der Waals surface area contributed by atoms with Gasteiger partial charge in [0, 0.05) is 71.0 Å². The Morgan fingerprint density at radius 2 is 1.26 bits per heavy atom. The summed E-state index contributed by atoms with van der Waals surface area (Å²) in [5.41, 5.74) is 1.05. The zero-order valence-electron chi connectivity index (χ0n) is 21.2. The maximum absolute atomic E-state index is 12.2. The van der Waals surface area contributed by atoms with Gasteiger partial charge < -0.3 is 20.5 Å². The summed E-state index contributed by atoms with van der Waals surface area (Å²) < 4.78 is 0.797. The van der Waals surface area contributed by atoms with Crippen molar-refractivity contribution in [1.82, 2.24) is 24.6 Å². The van der Waals surface area contributed by atoms with Crippen LogP contribution in [-0.2, 0) is 22.7 Å². The fourth-order valence-corrected chi connectivity index (χ4v) is 4.32. The van der Waals surface area contributed by atoms with E-state index in [2.05, 4.69) is 4.98 Å². The summed E-state index contributed by atoms with van der Waals surface area (Å²) in [5.74, 6) is -3.01. The van der Waals surface area contributed by atoms with Crippen LogP contribution in [0.5, 0.6) is 0 Å². The Morgan fingerprint density at radius 1 is 0.737 bits per heavy atom. The van der Waals surface area contributed by atoms with Gasteiger partial charge in [0.15, 0.2) is 6.20 Å². The zero-order chi connectivity index (χ0) is 27.5. The molecule has 0 saturated carbocycles. The van der Waals surface area contributed by atoms with Crippen LogP contribution in [0.4, 0.5) is 0 Å². The Balaban J connectivity index is 1.78. The summed E-state index contributed by atoms with van der Waals surface area (Å²) in [6, 6.07) is 9.94. The molecule has 13 nitrogen and oxygen atoms in total. The quantitative estimate of drug-likeness (QED) is 0.282. The molecule has 206 valence electrons. The first-order chi connectivity index (χ1) is 18.2. The van der Waals surface area contributed by atoms with Crippen LogP contribution in [0.3, 0.4) is 0 Å². The zero-order valence-corrected chi connectivity index (χ0v) is 21.2. The van der Waals surface area contributed by atoms with Gasteiger partial charge in [0.1, 0.15) is 5.69 Å². The fourth-order valence-electron chi connectivity index (χ4n) is 4.32. The van der Waals surface area contributed by atoms with Crippen LogP contribution in [0.2, 0.25) is 0 Å². The van der Waals surface area contributed by atoms with E-state index in [-0.39, 0.29) is 18.8 Å². The number of pyridine rings is 2. The molecular weight excluding hydrogens is 496 g/mol. The predicted molar refractivity (Wildman–Crippen MR) is 135 cm³/mol. The smallest absolute Gasteiger partial charge is 0.354 e. The number of nitrogens with zero attached hydrogens (tertiary/aromatic N) is 6. The van der Waals surface area contributed by atoms with E-state index < -0.39 is 17.9 Å².